The lowest BCUT2D eigenvalue weighted by Gasteiger charge is -2.62. The molecule has 8 rings (SSSR count). The summed E-state index contributed by atoms with van der Waals surface area (Å²) < 4.78 is 5.25. The van der Waals surface area contributed by atoms with Crippen LogP contribution in [-0.4, -0.2) is 62.2 Å². The van der Waals surface area contributed by atoms with E-state index in [-0.39, 0.29) is 60.5 Å². The zero-order valence-electron chi connectivity index (χ0n) is 35.0. The van der Waals surface area contributed by atoms with Gasteiger partial charge in [0.25, 0.3) is 0 Å². The van der Waals surface area contributed by atoms with Crippen LogP contribution in [0.5, 0.6) is 0 Å². The number of nitrogens with one attached hydrogen (secondary N) is 1. The highest BCUT2D eigenvalue weighted by Gasteiger charge is 2.62. The normalized spacial score (nSPS) is 32.5. The first-order valence-corrected chi connectivity index (χ1v) is 21.9. The Labute approximate surface area is 346 Å². The molecule has 1 aliphatic heterocycles. The van der Waals surface area contributed by atoms with Gasteiger partial charge < -0.3 is 25.1 Å². The highest BCUT2D eigenvalue weighted by Crippen LogP contribution is 2.68. The highest BCUT2D eigenvalue weighted by atomic mass is 16.4. The number of piperidine rings is 1. The highest BCUT2D eigenvalue weighted by molar-refractivity contribution is 6.05. The smallest absolute Gasteiger partial charge is 0.336 e. The largest absolute Gasteiger partial charge is 0.481 e. The fraction of sp³-hybridized carbons (Fsp3) is 0.604. The van der Waals surface area contributed by atoms with E-state index in [4.69, 9.17) is 9.52 Å². The summed E-state index contributed by atoms with van der Waals surface area (Å²) in [6.07, 6.45) is 10.4. The van der Waals surface area contributed by atoms with Crippen molar-refractivity contribution in [2.24, 2.45) is 46.3 Å². The van der Waals surface area contributed by atoms with Crippen LogP contribution in [0.2, 0.25) is 0 Å². The van der Waals surface area contributed by atoms with Crippen molar-refractivity contribution in [2.45, 2.75) is 136 Å². The van der Waals surface area contributed by atoms with E-state index >= 15 is 0 Å². The van der Waals surface area contributed by atoms with Crippen LogP contribution in [0, 0.1) is 53.3 Å². The van der Waals surface area contributed by atoms with Gasteiger partial charge in [0.15, 0.2) is 0 Å². The molecule has 11 nitrogen and oxygen atoms in total. The molecule has 0 bridgehead atoms. The molecular formula is C48H62N2O9. The molecule has 1 aromatic heterocycles. The molecule has 11 atom stereocenters. The molecule has 0 radical (unpaired) electrons. The zero-order chi connectivity index (χ0) is 42.2. The molecular weight excluding hydrogens is 749 g/mol. The van der Waals surface area contributed by atoms with Crippen LogP contribution in [-0.2, 0) is 25.6 Å². The lowest BCUT2D eigenvalue weighted by Crippen LogP contribution is -2.58. The first kappa shape index (κ1) is 42.8. The number of aryl methyl sites for hydroxylation is 1. The van der Waals surface area contributed by atoms with Gasteiger partial charge >= 0.3 is 11.6 Å². The van der Waals surface area contributed by atoms with Gasteiger partial charge in [-0.05, 0) is 141 Å². The number of likely N-dealkylation sites (tertiary alicyclic amines) is 1. The second-order valence-electron chi connectivity index (χ2n) is 19.0. The Morgan fingerprint density at radius 1 is 0.898 bits per heavy atom. The van der Waals surface area contributed by atoms with Crippen LogP contribution < -0.4 is 10.9 Å². The van der Waals surface area contributed by atoms with Gasteiger partial charge in [-0.1, -0.05) is 51.1 Å². The van der Waals surface area contributed by atoms with Crippen LogP contribution in [0.25, 0.3) is 11.0 Å². The van der Waals surface area contributed by atoms with Crippen molar-refractivity contribution in [2.75, 3.05) is 5.32 Å². The van der Waals surface area contributed by atoms with Gasteiger partial charge in [0.1, 0.15) is 11.6 Å². The molecule has 3 amide bonds. The molecule has 1 saturated heterocycles. The Hall–Kier alpha value is -4.35. The van der Waals surface area contributed by atoms with Crippen molar-refractivity contribution in [3.05, 3.63) is 76.1 Å². The second kappa shape index (κ2) is 17.3. The predicted octanol–water partition coefficient (Wildman–Crippen LogP) is 7.67. The number of carboxylic acids is 1. The molecule has 4 unspecified atom stereocenters. The minimum absolute atomic E-state index is 0.179. The maximum atomic E-state index is 13.2. The number of nitrogens with zero attached hydrogens (tertiary/aromatic N) is 1. The van der Waals surface area contributed by atoms with E-state index in [0.29, 0.717) is 53.2 Å². The number of hydrogen-bond acceptors (Lipinski definition) is 8. The molecule has 318 valence electrons. The number of aliphatic hydroxyl groups is 2. The van der Waals surface area contributed by atoms with Gasteiger partial charge in [0.2, 0.25) is 17.7 Å². The Balaban J connectivity index is 0.000000180. The molecule has 4 saturated carbocycles. The number of benzene rings is 2. The molecule has 11 heteroatoms. The summed E-state index contributed by atoms with van der Waals surface area (Å²) in [4.78, 5) is 62.1. The number of carboxylic acid groups (broad SMARTS) is 1. The quantitative estimate of drug-likeness (QED) is 0.125. The number of hydrogen-bond donors (Lipinski definition) is 4. The number of imide groups is 1. The van der Waals surface area contributed by atoms with Gasteiger partial charge in [0.05, 0.1) is 12.2 Å². The van der Waals surface area contributed by atoms with E-state index in [0.717, 1.165) is 53.5 Å². The fourth-order valence-corrected chi connectivity index (χ4v) is 12.6. The zero-order valence-corrected chi connectivity index (χ0v) is 35.0. The van der Waals surface area contributed by atoms with Gasteiger partial charge in [-0.15, -0.1) is 0 Å². The van der Waals surface area contributed by atoms with Crippen LogP contribution in [0.4, 0.5) is 5.69 Å². The monoisotopic (exact) mass is 810 g/mol. The van der Waals surface area contributed by atoms with Crippen molar-refractivity contribution in [1.82, 2.24) is 4.90 Å². The summed E-state index contributed by atoms with van der Waals surface area (Å²) in [6.45, 7) is 8.97. The molecule has 0 spiro atoms. The third kappa shape index (κ3) is 8.65. The van der Waals surface area contributed by atoms with Crippen LogP contribution in [0.15, 0.2) is 63.8 Å². The summed E-state index contributed by atoms with van der Waals surface area (Å²) in [6, 6.07) is 14.7. The van der Waals surface area contributed by atoms with Gasteiger partial charge in [-0.2, -0.15) is 0 Å². The summed E-state index contributed by atoms with van der Waals surface area (Å²) in [5, 5.41) is 34.1. The van der Waals surface area contributed by atoms with E-state index in [1.807, 2.05) is 30.3 Å². The lowest BCUT2D eigenvalue weighted by molar-refractivity contribution is -0.174. The van der Waals surface area contributed by atoms with E-state index in [2.05, 4.69) is 26.1 Å². The van der Waals surface area contributed by atoms with Crippen molar-refractivity contribution < 1.29 is 38.9 Å². The number of aliphatic carboxylic acids is 1. The van der Waals surface area contributed by atoms with Crippen molar-refractivity contribution in [1.29, 1.82) is 0 Å². The molecule has 59 heavy (non-hydrogen) atoms. The molecule has 4 aliphatic carbocycles. The van der Waals surface area contributed by atoms with E-state index in [1.165, 1.54) is 31.7 Å². The second-order valence-corrected chi connectivity index (χ2v) is 19.0. The number of carbonyl (C=O) groups is 4. The molecule has 4 N–H and O–H groups in total. The average molecular weight is 811 g/mol. The van der Waals surface area contributed by atoms with Gasteiger partial charge in [-0.3, -0.25) is 24.1 Å². The van der Waals surface area contributed by atoms with Crippen LogP contribution in [0.3, 0.4) is 0 Å². The number of aliphatic hydroxyl groups excluding tert-OH is 2. The Morgan fingerprint density at radius 3 is 2.31 bits per heavy atom. The lowest BCUT2D eigenvalue weighted by atomic mass is 9.43. The standard InChI is InChI=1S/C24H22N2O5.C24H40O4/c1-15-12-23(29)31-20-14-17(10-11-18(15)20)25-24(30)19(13-16-6-3-2-4-7-16)26-21(27)8-5-9-22(26)28;1-14(4-7-21(27)28)17-5-6-18-22-19(9-11-24(17,18)3)23(2)10-8-16(25)12-15(23)13-20(22)26/h2-4,6-7,10-12,14,19H,5,8-9,13H2,1H3,(H,25,30);14-20,22,25-26H,4-13H2,1-3H3,(H,27,28)/t19-;14-,15?,16-,17-,18?,19?,20-,22?,23+,24-/m01/s1. The third-order valence-corrected chi connectivity index (χ3v) is 15.7. The molecule has 5 fully saturated rings. The third-order valence-electron chi connectivity index (χ3n) is 15.7. The first-order chi connectivity index (χ1) is 28.1. The van der Waals surface area contributed by atoms with Gasteiger partial charge in [0, 0.05) is 48.9 Å². The summed E-state index contributed by atoms with van der Waals surface area (Å²) in [5.41, 5.74) is 2.44. The Bertz CT molecular complexity index is 2080. The number of anilines is 1. The number of amides is 3. The summed E-state index contributed by atoms with van der Waals surface area (Å²) >= 11 is 0. The van der Waals surface area contributed by atoms with Crippen molar-refractivity contribution in [3.63, 3.8) is 0 Å². The number of fused-ring (bicyclic) bond motifs is 6. The number of carbonyl (C=O) groups excluding carboxylic acids is 3. The molecule has 2 aromatic carbocycles. The summed E-state index contributed by atoms with van der Waals surface area (Å²) in [5.74, 6) is 1.21. The van der Waals surface area contributed by atoms with Crippen molar-refractivity contribution >= 4 is 40.3 Å². The van der Waals surface area contributed by atoms with E-state index < -0.39 is 23.5 Å². The maximum Gasteiger partial charge on any atom is 0.336 e. The fourth-order valence-electron chi connectivity index (χ4n) is 12.6. The average Bonchev–Trinajstić information content (AvgIpc) is 3.54. The Kier molecular flexibility index (Phi) is 12.6. The number of rotatable bonds is 9. The van der Waals surface area contributed by atoms with Crippen LogP contribution >= 0.6 is 0 Å². The SMILES string of the molecule is C[C@H](CCC(=O)O)[C@H]1CCC2C3C(CC[C@@]21C)[C@@]1(C)CC[C@@H](O)CC1C[C@H]3O.Cc1cc(=O)oc2cc(NC(=O)[C@H](Cc3ccccc3)N3C(=O)CCCC3=O)ccc12. The van der Waals surface area contributed by atoms with Gasteiger partial charge in [-0.25, -0.2) is 4.79 Å². The predicted molar refractivity (Wildman–Crippen MR) is 224 cm³/mol. The minimum atomic E-state index is -0.970. The summed E-state index contributed by atoms with van der Waals surface area (Å²) in [7, 11) is 0. The molecule has 5 aliphatic rings. The van der Waals surface area contributed by atoms with E-state index in [1.54, 1.807) is 25.1 Å². The van der Waals surface area contributed by atoms with Crippen LogP contribution in [0.1, 0.15) is 115 Å². The topological polar surface area (TPSA) is 174 Å². The van der Waals surface area contributed by atoms with Crippen molar-refractivity contribution in [3.8, 4) is 0 Å². The Morgan fingerprint density at radius 2 is 1.59 bits per heavy atom. The van der Waals surface area contributed by atoms with E-state index in [9.17, 15) is 34.2 Å². The first-order valence-electron chi connectivity index (χ1n) is 21.9. The molecule has 2 heterocycles. The molecule has 3 aromatic rings. The minimum Gasteiger partial charge on any atom is -0.481 e. The maximum absolute atomic E-state index is 13.2.